The molecule has 0 amide bonds. The van der Waals surface area contributed by atoms with Crippen molar-refractivity contribution in [1.29, 1.82) is 0 Å². The average molecular weight is 563 g/mol. The van der Waals surface area contributed by atoms with E-state index in [9.17, 15) is 4.79 Å². The Hall–Kier alpha value is -4.92. The monoisotopic (exact) mass is 562 g/mol. The number of hydrogen-bond acceptors (Lipinski definition) is 8. The quantitative estimate of drug-likeness (QED) is 0.247. The molecule has 1 unspecified atom stereocenters. The summed E-state index contributed by atoms with van der Waals surface area (Å²) in [5.74, 6) is 3.03. The first-order valence-corrected chi connectivity index (χ1v) is 13.9. The van der Waals surface area contributed by atoms with E-state index in [1.54, 1.807) is 25.1 Å². The third-order valence-corrected chi connectivity index (χ3v) is 7.94. The Kier molecular flexibility index (Phi) is 6.11. The van der Waals surface area contributed by atoms with Gasteiger partial charge in [-0.1, -0.05) is 50.2 Å². The predicted molar refractivity (Wildman–Crippen MR) is 156 cm³/mol. The van der Waals surface area contributed by atoms with E-state index in [-0.39, 0.29) is 17.8 Å². The predicted octanol–water partition coefficient (Wildman–Crippen LogP) is 6.04. The molecule has 7 rings (SSSR count). The smallest absolute Gasteiger partial charge is 0.228 e. The highest BCUT2D eigenvalue weighted by atomic mass is 16.5. The van der Waals surface area contributed by atoms with Gasteiger partial charge in [0.1, 0.15) is 24.4 Å². The Labute approximate surface area is 242 Å². The van der Waals surface area contributed by atoms with Crippen molar-refractivity contribution in [2.45, 2.75) is 39.2 Å². The lowest BCUT2D eigenvalue weighted by Crippen LogP contribution is -2.33. The highest BCUT2D eigenvalue weighted by Crippen LogP contribution is 2.51. The molecule has 0 N–H and O–H groups in total. The molecule has 3 heterocycles. The van der Waals surface area contributed by atoms with Gasteiger partial charge in [-0.2, -0.15) is 0 Å². The van der Waals surface area contributed by atoms with E-state index >= 15 is 0 Å². The Morgan fingerprint density at radius 3 is 2.60 bits per heavy atom. The first-order chi connectivity index (χ1) is 20.3. The van der Waals surface area contributed by atoms with Crippen LogP contribution in [0.3, 0.4) is 0 Å². The largest absolute Gasteiger partial charge is 0.493 e. The Balaban J connectivity index is 1.32. The molecule has 42 heavy (non-hydrogen) atoms. The molecule has 2 aliphatic rings. The lowest BCUT2D eigenvalue weighted by atomic mass is 9.70. The highest BCUT2D eigenvalue weighted by Gasteiger charge is 2.44. The van der Waals surface area contributed by atoms with Crippen LogP contribution in [-0.2, 0) is 11.4 Å². The number of methoxy groups -OCH3 is 2. The maximum atomic E-state index is 13.7. The minimum absolute atomic E-state index is 0.0491. The van der Waals surface area contributed by atoms with Gasteiger partial charge in [0.05, 0.1) is 25.7 Å². The lowest BCUT2D eigenvalue weighted by Gasteiger charge is -2.37. The van der Waals surface area contributed by atoms with Gasteiger partial charge in [-0.05, 0) is 46.0 Å². The second kappa shape index (κ2) is 9.87. The average Bonchev–Trinajstić information content (AvgIpc) is 3.41. The highest BCUT2D eigenvalue weighted by molar-refractivity contribution is 6.00. The van der Waals surface area contributed by atoms with Crippen LogP contribution in [0.25, 0.3) is 16.4 Å². The number of Topliss-reactive ketones (excluding diaryl/α,β-unsaturated/α-hetero) is 1. The van der Waals surface area contributed by atoms with Gasteiger partial charge in [0, 0.05) is 18.4 Å². The van der Waals surface area contributed by atoms with E-state index < -0.39 is 5.92 Å². The van der Waals surface area contributed by atoms with Gasteiger partial charge >= 0.3 is 0 Å². The number of nitrogens with zero attached hydrogens (tertiary/aromatic N) is 4. The van der Waals surface area contributed by atoms with Gasteiger partial charge < -0.3 is 18.9 Å². The fraction of sp³-hybridized carbons (Fsp3) is 0.273. The van der Waals surface area contributed by atoms with Gasteiger partial charge in [0.2, 0.25) is 5.88 Å². The third-order valence-electron chi connectivity index (χ3n) is 7.94. The number of ether oxygens (including phenoxy) is 4. The molecule has 0 bridgehead atoms. The van der Waals surface area contributed by atoms with Crippen molar-refractivity contribution in [2.24, 2.45) is 5.41 Å². The molecule has 0 saturated carbocycles. The zero-order valence-electron chi connectivity index (χ0n) is 23.9. The van der Waals surface area contributed by atoms with Crippen LogP contribution < -0.4 is 18.9 Å². The van der Waals surface area contributed by atoms with E-state index in [0.29, 0.717) is 58.6 Å². The summed E-state index contributed by atoms with van der Waals surface area (Å²) in [5, 5.41) is 6.89. The summed E-state index contributed by atoms with van der Waals surface area (Å²) in [5.41, 5.74) is 2.49. The van der Waals surface area contributed by atoms with Crippen LogP contribution in [-0.4, -0.2) is 39.6 Å². The van der Waals surface area contributed by atoms with Gasteiger partial charge in [-0.25, -0.2) is 14.5 Å². The molecule has 2 aromatic heterocycles. The molecule has 1 aliphatic carbocycles. The van der Waals surface area contributed by atoms with Gasteiger partial charge in [-0.3, -0.25) is 4.79 Å². The molecule has 0 saturated heterocycles. The van der Waals surface area contributed by atoms with Gasteiger partial charge in [0.15, 0.2) is 28.8 Å². The van der Waals surface area contributed by atoms with Crippen LogP contribution >= 0.6 is 0 Å². The normalized spacial score (nSPS) is 17.5. The maximum absolute atomic E-state index is 13.7. The Morgan fingerprint density at radius 1 is 0.976 bits per heavy atom. The van der Waals surface area contributed by atoms with Crippen LogP contribution in [0.4, 0.5) is 0 Å². The van der Waals surface area contributed by atoms with Crippen LogP contribution in [0.15, 0.2) is 78.3 Å². The molecule has 0 fully saturated rings. The number of carbonyl (C=O) groups is 1. The van der Waals surface area contributed by atoms with Crippen molar-refractivity contribution in [3.8, 4) is 23.1 Å². The summed E-state index contributed by atoms with van der Waals surface area (Å²) < 4.78 is 25.2. The third kappa shape index (κ3) is 4.41. The number of fused-ring (bicyclic) bond motifs is 4. The molecule has 0 spiro atoms. The van der Waals surface area contributed by atoms with E-state index in [1.807, 2.05) is 54.6 Å². The maximum Gasteiger partial charge on any atom is 0.228 e. The van der Waals surface area contributed by atoms with Gasteiger partial charge in [-0.15, -0.1) is 5.10 Å². The molecule has 1 atom stereocenters. The molecule has 9 nitrogen and oxygen atoms in total. The second-order valence-corrected chi connectivity index (χ2v) is 11.5. The van der Waals surface area contributed by atoms with Crippen LogP contribution in [0.5, 0.6) is 23.1 Å². The first-order valence-electron chi connectivity index (χ1n) is 13.9. The molecule has 0 radical (unpaired) electrons. The molecule has 5 aromatic rings. The van der Waals surface area contributed by atoms with E-state index in [1.165, 1.54) is 0 Å². The van der Waals surface area contributed by atoms with Crippen molar-refractivity contribution < 1.29 is 23.7 Å². The number of aromatic nitrogens is 4. The Bertz CT molecular complexity index is 1910. The molecular formula is C33H30N4O5. The van der Waals surface area contributed by atoms with E-state index in [0.717, 1.165) is 22.1 Å². The van der Waals surface area contributed by atoms with Crippen LogP contribution in [0.2, 0.25) is 0 Å². The number of benzene rings is 3. The first kappa shape index (κ1) is 26.0. The summed E-state index contributed by atoms with van der Waals surface area (Å²) >= 11 is 0. The van der Waals surface area contributed by atoms with E-state index in [2.05, 4.69) is 30.0 Å². The van der Waals surface area contributed by atoms with Crippen molar-refractivity contribution in [1.82, 2.24) is 19.6 Å². The van der Waals surface area contributed by atoms with Crippen molar-refractivity contribution >= 4 is 22.2 Å². The molecular weight excluding hydrogens is 532 g/mol. The Morgan fingerprint density at radius 2 is 1.79 bits per heavy atom. The summed E-state index contributed by atoms with van der Waals surface area (Å²) in [4.78, 5) is 23.2. The summed E-state index contributed by atoms with van der Waals surface area (Å²) in [6, 6.07) is 19.8. The zero-order valence-corrected chi connectivity index (χ0v) is 23.9. The topological polar surface area (TPSA) is 97.1 Å². The van der Waals surface area contributed by atoms with E-state index in [4.69, 9.17) is 23.9 Å². The standard InChI is InChI=1S/C33H30N4O5/c1-33(2)15-23(38)29-26(16-33)42-32-30(28(29)21-10-12-24(39-3)25(14-21)40-4)31-35-27(36-37(31)18-34-32)17-41-22-11-9-19-7-5-6-8-20(19)13-22/h5-14,18,28H,15-17H2,1-4H3. The minimum atomic E-state index is -0.471. The van der Waals surface area contributed by atoms with Crippen molar-refractivity contribution in [2.75, 3.05) is 14.2 Å². The molecule has 9 heteroatoms. The van der Waals surface area contributed by atoms with Crippen molar-refractivity contribution in [3.63, 3.8) is 0 Å². The van der Waals surface area contributed by atoms with Crippen LogP contribution in [0, 0.1) is 5.41 Å². The second-order valence-electron chi connectivity index (χ2n) is 11.5. The number of hydrogen-bond donors (Lipinski definition) is 0. The number of allylic oxidation sites excluding steroid dienone is 2. The number of rotatable bonds is 6. The lowest BCUT2D eigenvalue weighted by molar-refractivity contribution is -0.118. The zero-order chi connectivity index (χ0) is 29.0. The number of carbonyl (C=O) groups excluding carboxylic acids is 1. The SMILES string of the molecule is COc1ccc(C2C3=C(CC(C)(C)CC3=O)Oc3ncn4nc(COc5ccc6ccccc6c5)nc4c32)cc1OC. The summed E-state index contributed by atoms with van der Waals surface area (Å²) in [6.07, 6.45) is 2.64. The molecule has 3 aromatic carbocycles. The summed E-state index contributed by atoms with van der Waals surface area (Å²) in [6.45, 7) is 4.32. The van der Waals surface area contributed by atoms with Crippen LogP contribution in [0.1, 0.15) is 49.6 Å². The number of ketones is 1. The fourth-order valence-corrected chi connectivity index (χ4v) is 6.02. The molecule has 1 aliphatic heterocycles. The van der Waals surface area contributed by atoms with Gasteiger partial charge in [0.25, 0.3) is 0 Å². The molecule has 212 valence electrons. The minimum Gasteiger partial charge on any atom is -0.493 e. The summed E-state index contributed by atoms with van der Waals surface area (Å²) in [7, 11) is 3.19. The fourth-order valence-electron chi connectivity index (χ4n) is 6.02. The van der Waals surface area contributed by atoms with Crippen molar-refractivity contribution in [3.05, 3.63) is 95.3 Å².